The second kappa shape index (κ2) is 10.9. The number of ether oxygens (including phenoxy) is 1. The molecule has 1 amide bonds. The van der Waals surface area contributed by atoms with Gasteiger partial charge in [-0.05, 0) is 36.9 Å². The Morgan fingerprint density at radius 1 is 1.14 bits per heavy atom. The quantitative estimate of drug-likeness (QED) is 0.473. The number of benzene rings is 2. The van der Waals surface area contributed by atoms with Gasteiger partial charge in [-0.2, -0.15) is 4.98 Å². The lowest BCUT2D eigenvalue weighted by molar-refractivity contribution is -0.114. The van der Waals surface area contributed by atoms with Gasteiger partial charge < -0.3 is 25.6 Å². The molecule has 1 fully saturated rings. The number of nitrogens with one attached hydrogen (secondary N) is 1. The van der Waals surface area contributed by atoms with E-state index in [0.29, 0.717) is 32.7 Å². The number of nitrogen functional groups attached to an aromatic ring is 1. The number of nitrogens with zero attached hydrogens (tertiary/aromatic N) is 4. The van der Waals surface area contributed by atoms with Crippen LogP contribution in [0.1, 0.15) is 12.5 Å². The number of aromatic nitrogens is 2. The summed E-state index contributed by atoms with van der Waals surface area (Å²) in [4.78, 5) is 26.2. The molecular weight excluding hydrogens is 474 g/mol. The van der Waals surface area contributed by atoms with E-state index in [2.05, 4.69) is 32.1 Å². The van der Waals surface area contributed by atoms with Crippen LogP contribution in [0.2, 0.25) is 0 Å². The minimum Gasteiger partial charge on any atom is -0.472 e. The highest BCUT2D eigenvalue weighted by atomic mass is 32.2. The van der Waals surface area contributed by atoms with E-state index < -0.39 is 11.6 Å². The van der Waals surface area contributed by atoms with Crippen molar-refractivity contribution >= 4 is 35.0 Å². The Hall–Kier alpha value is -3.44. The molecule has 0 aliphatic carbocycles. The van der Waals surface area contributed by atoms with Crippen molar-refractivity contribution in [1.29, 1.82) is 0 Å². The third-order valence-electron chi connectivity index (χ3n) is 5.39. The first-order valence-corrected chi connectivity index (χ1v) is 11.8. The Labute approximate surface area is 206 Å². The summed E-state index contributed by atoms with van der Waals surface area (Å²) in [5, 5.41) is 2.71. The predicted molar refractivity (Wildman–Crippen MR) is 132 cm³/mol. The molecule has 1 aromatic heterocycles. The molecule has 3 N–H and O–H groups in total. The van der Waals surface area contributed by atoms with Crippen molar-refractivity contribution < 1.29 is 18.3 Å². The number of anilines is 3. The van der Waals surface area contributed by atoms with E-state index in [-0.39, 0.29) is 18.4 Å². The minimum atomic E-state index is -0.679. The zero-order chi connectivity index (χ0) is 24.9. The first-order valence-electron chi connectivity index (χ1n) is 11.0. The molecule has 3 aromatic rings. The van der Waals surface area contributed by atoms with Gasteiger partial charge in [-0.25, -0.2) is 13.8 Å². The van der Waals surface area contributed by atoms with E-state index in [9.17, 15) is 13.6 Å². The van der Waals surface area contributed by atoms with Gasteiger partial charge in [0, 0.05) is 44.1 Å². The maximum absolute atomic E-state index is 13.7. The highest BCUT2D eigenvalue weighted by molar-refractivity contribution is 7.99. The third-order valence-corrected chi connectivity index (χ3v) is 6.47. The summed E-state index contributed by atoms with van der Waals surface area (Å²) < 4.78 is 33.2. The predicted octanol–water partition coefficient (Wildman–Crippen LogP) is 3.78. The maximum atomic E-state index is 13.7. The van der Waals surface area contributed by atoms with E-state index in [1.807, 2.05) is 6.07 Å². The van der Waals surface area contributed by atoms with Gasteiger partial charge in [0.1, 0.15) is 18.2 Å². The summed E-state index contributed by atoms with van der Waals surface area (Å²) >= 11 is 1.28. The van der Waals surface area contributed by atoms with Crippen molar-refractivity contribution in [3.05, 3.63) is 59.8 Å². The Morgan fingerprint density at radius 2 is 1.86 bits per heavy atom. The van der Waals surface area contributed by atoms with Gasteiger partial charge in [-0.15, -0.1) is 0 Å². The number of amides is 1. The van der Waals surface area contributed by atoms with E-state index in [1.54, 1.807) is 18.3 Å². The zero-order valence-corrected chi connectivity index (χ0v) is 20.2. The standard InChI is InChI=1S/C24H26F2N6O2S/c1-15(33)29-19-4-3-5-20(22(19)27)35-21-13-28-24(32-8-6-31(2)7-9-32)30-23(21)34-14-16-10-17(25)12-18(26)11-16/h3-5,10-13H,6-9,14,27H2,1-2H3,(H,29,33). The van der Waals surface area contributed by atoms with Crippen LogP contribution in [-0.4, -0.2) is 54.0 Å². The Balaban J connectivity index is 1.63. The van der Waals surface area contributed by atoms with Crippen LogP contribution < -0.4 is 20.7 Å². The number of hydrogen-bond acceptors (Lipinski definition) is 8. The lowest BCUT2D eigenvalue weighted by Gasteiger charge is -2.32. The Morgan fingerprint density at radius 3 is 2.54 bits per heavy atom. The van der Waals surface area contributed by atoms with Crippen molar-refractivity contribution in [2.24, 2.45) is 0 Å². The number of hydrogen-bond donors (Lipinski definition) is 2. The second-order valence-electron chi connectivity index (χ2n) is 8.20. The third kappa shape index (κ3) is 6.37. The number of carbonyl (C=O) groups excluding carboxylic acids is 1. The van der Waals surface area contributed by atoms with Crippen molar-refractivity contribution in [1.82, 2.24) is 14.9 Å². The molecule has 0 atom stereocenters. The fourth-order valence-electron chi connectivity index (χ4n) is 3.57. The lowest BCUT2D eigenvalue weighted by atomic mass is 10.2. The summed E-state index contributed by atoms with van der Waals surface area (Å²) in [5.74, 6) is -0.802. The number of likely N-dealkylation sites (N-methyl/N-ethyl adjacent to an activating group) is 1. The van der Waals surface area contributed by atoms with Gasteiger partial charge in [-0.1, -0.05) is 17.8 Å². The first kappa shape index (κ1) is 24.7. The van der Waals surface area contributed by atoms with Crippen LogP contribution in [0, 0.1) is 11.6 Å². The molecule has 1 saturated heterocycles. The van der Waals surface area contributed by atoms with Crippen LogP contribution in [-0.2, 0) is 11.4 Å². The summed E-state index contributed by atoms with van der Waals surface area (Å²) in [5.41, 5.74) is 7.51. The van der Waals surface area contributed by atoms with Gasteiger partial charge in [-0.3, -0.25) is 4.79 Å². The van der Waals surface area contributed by atoms with Gasteiger partial charge in [0.2, 0.25) is 17.7 Å². The molecule has 35 heavy (non-hydrogen) atoms. The highest BCUT2D eigenvalue weighted by Crippen LogP contribution is 2.40. The Kier molecular flexibility index (Phi) is 7.67. The van der Waals surface area contributed by atoms with Crippen LogP contribution in [0.4, 0.5) is 26.1 Å². The van der Waals surface area contributed by atoms with E-state index >= 15 is 0 Å². The largest absolute Gasteiger partial charge is 0.472 e. The van der Waals surface area contributed by atoms with E-state index in [1.165, 1.54) is 30.8 Å². The minimum absolute atomic E-state index is 0.0805. The number of piperazine rings is 1. The van der Waals surface area contributed by atoms with Crippen LogP contribution in [0.3, 0.4) is 0 Å². The number of para-hydroxylation sites is 1. The monoisotopic (exact) mass is 500 g/mol. The molecule has 11 heteroatoms. The van der Waals surface area contributed by atoms with Crippen molar-refractivity contribution in [3.63, 3.8) is 0 Å². The van der Waals surface area contributed by atoms with Crippen molar-refractivity contribution in [2.75, 3.05) is 49.2 Å². The normalized spacial score (nSPS) is 14.1. The smallest absolute Gasteiger partial charge is 0.232 e. The Bertz CT molecular complexity index is 1200. The molecule has 0 spiro atoms. The molecule has 0 radical (unpaired) electrons. The van der Waals surface area contributed by atoms with Gasteiger partial charge >= 0.3 is 0 Å². The van der Waals surface area contributed by atoms with Gasteiger partial charge in [0.05, 0.1) is 22.5 Å². The van der Waals surface area contributed by atoms with Crippen LogP contribution in [0.5, 0.6) is 5.88 Å². The number of carbonyl (C=O) groups is 1. The maximum Gasteiger partial charge on any atom is 0.232 e. The number of rotatable bonds is 7. The van der Waals surface area contributed by atoms with E-state index in [4.69, 9.17) is 10.5 Å². The summed E-state index contributed by atoms with van der Waals surface area (Å²) in [6.45, 7) is 4.62. The molecule has 2 heterocycles. The average molecular weight is 501 g/mol. The average Bonchev–Trinajstić information content (AvgIpc) is 2.80. The highest BCUT2D eigenvalue weighted by Gasteiger charge is 2.20. The van der Waals surface area contributed by atoms with Gasteiger partial charge in [0.15, 0.2) is 0 Å². The summed E-state index contributed by atoms with van der Waals surface area (Å²) in [6.07, 6.45) is 1.65. The van der Waals surface area contributed by atoms with Crippen LogP contribution >= 0.6 is 11.8 Å². The number of nitrogens with two attached hydrogens (primary N) is 1. The fraction of sp³-hybridized carbons (Fsp3) is 0.292. The molecule has 0 bridgehead atoms. The van der Waals surface area contributed by atoms with Crippen LogP contribution in [0.15, 0.2) is 52.4 Å². The molecule has 4 rings (SSSR count). The zero-order valence-electron chi connectivity index (χ0n) is 19.4. The molecule has 0 saturated carbocycles. The second-order valence-corrected chi connectivity index (χ2v) is 9.28. The van der Waals surface area contributed by atoms with Crippen molar-refractivity contribution in [2.45, 2.75) is 23.3 Å². The molecule has 8 nitrogen and oxygen atoms in total. The topological polar surface area (TPSA) is 96.6 Å². The summed E-state index contributed by atoms with van der Waals surface area (Å²) in [7, 11) is 2.06. The lowest BCUT2D eigenvalue weighted by Crippen LogP contribution is -2.45. The SMILES string of the molecule is CC(=O)Nc1cccc(Sc2cnc(N3CCN(C)CC3)nc2OCc2cc(F)cc(F)c2)c1N. The molecule has 1 aliphatic rings. The molecule has 2 aromatic carbocycles. The first-order chi connectivity index (χ1) is 16.8. The summed E-state index contributed by atoms with van der Waals surface area (Å²) in [6, 6.07) is 8.54. The molecule has 184 valence electrons. The van der Waals surface area contributed by atoms with Crippen LogP contribution in [0.25, 0.3) is 0 Å². The van der Waals surface area contributed by atoms with E-state index in [0.717, 1.165) is 32.2 Å². The molecular formula is C24H26F2N6O2S. The molecule has 0 unspecified atom stereocenters. The van der Waals surface area contributed by atoms with Crippen molar-refractivity contribution in [3.8, 4) is 5.88 Å². The fourth-order valence-corrected chi connectivity index (χ4v) is 4.48. The number of halogens is 2. The molecule has 1 aliphatic heterocycles. The van der Waals surface area contributed by atoms with Gasteiger partial charge in [0.25, 0.3) is 0 Å².